The molecule has 14 heteroatoms. The third-order valence-electron chi connectivity index (χ3n) is 8.28. The number of anilines is 3. The van der Waals surface area contributed by atoms with Crippen LogP contribution in [0.3, 0.4) is 0 Å². The van der Waals surface area contributed by atoms with Crippen LogP contribution in [0.15, 0.2) is 67.7 Å². The molecule has 226 valence electrons. The third kappa shape index (κ3) is 5.05. The van der Waals surface area contributed by atoms with Crippen LogP contribution in [0.1, 0.15) is 62.1 Å². The van der Waals surface area contributed by atoms with Gasteiger partial charge in [0.1, 0.15) is 29.1 Å². The maximum atomic E-state index is 13.1. The molecule has 5 N–H and O–H groups in total. The van der Waals surface area contributed by atoms with Crippen molar-refractivity contribution in [3.8, 4) is 11.4 Å². The molecule has 1 aliphatic carbocycles. The van der Waals surface area contributed by atoms with Gasteiger partial charge in [0.15, 0.2) is 5.82 Å². The zero-order valence-electron chi connectivity index (χ0n) is 23.8. The first-order valence-corrected chi connectivity index (χ1v) is 14.3. The predicted octanol–water partition coefficient (Wildman–Crippen LogP) is 1.43. The molecule has 2 aliphatic rings. The van der Waals surface area contributed by atoms with Crippen molar-refractivity contribution in [2.75, 3.05) is 17.2 Å². The number of H-pyrrole nitrogens is 1. The lowest BCUT2D eigenvalue weighted by molar-refractivity contribution is 0.0931. The van der Waals surface area contributed by atoms with Crippen molar-refractivity contribution in [1.82, 2.24) is 30.7 Å². The van der Waals surface area contributed by atoms with Crippen LogP contribution >= 0.6 is 0 Å². The first-order chi connectivity index (χ1) is 21.8. The molecule has 2 amide bonds. The number of aromatic amines is 1. The van der Waals surface area contributed by atoms with E-state index in [2.05, 4.69) is 35.3 Å². The number of nitrogen functional groups attached to an aromatic ring is 1. The van der Waals surface area contributed by atoms with Gasteiger partial charge in [-0.25, -0.2) is 14.8 Å². The lowest BCUT2D eigenvalue weighted by Crippen LogP contribution is -2.42. The summed E-state index contributed by atoms with van der Waals surface area (Å²) in [5, 5.41) is 9.53. The van der Waals surface area contributed by atoms with Gasteiger partial charge in [-0.2, -0.15) is 0 Å². The Hall–Kier alpha value is -5.92. The zero-order valence-corrected chi connectivity index (χ0v) is 23.8. The van der Waals surface area contributed by atoms with E-state index in [1.54, 1.807) is 11.0 Å². The Bertz CT molecular complexity index is 2130. The molecule has 7 rings (SSSR count). The highest BCUT2D eigenvalue weighted by molar-refractivity contribution is 5.97. The zero-order chi connectivity index (χ0) is 31.2. The second kappa shape index (κ2) is 11.0. The SMILES string of the molecule is Nc1c(N2CCCc3ccc(CNC(=O)c4cc(C(=O)N[C@H]5CCc6cc(-c7noc(=O)[nH]7)ccc65)ncn4)cc32)c(=O)c1=O. The number of aromatic nitrogens is 4. The van der Waals surface area contributed by atoms with Gasteiger partial charge >= 0.3 is 5.76 Å². The molecule has 45 heavy (non-hydrogen) atoms. The van der Waals surface area contributed by atoms with Crippen LogP contribution in [0.2, 0.25) is 0 Å². The van der Waals surface area contributed by atoms with E-state index in [-0.39, 0.29) is 35.3 Å². The number of carbonyl (C=O) groups is 2. The molecule has 0 radical (unpaired) electrons. The fourth-order valence-electron chi connectivity index (χ4n) is 6.01. The molecule has 3 heterocycles. The number of hydrogen-bond donors (Lipinski definition) is 4. The van der Waals surface area contributed by atoms with Crippen molar-refractivity contribution in [3.05, 3.63) is 113 Å². The van der Waals surface area contributed by atoms with Crippen molar-refractivity contribution >= 4 is 28.9 Å². The summed E-state index contributed by atoms with van der Waals surface area (Å²) >= 11 is 0. The Balaban J connectivity index is 1.01. The van der Waals surface area contributed by atoms with Crippen molar-refractivity contribution in [2.24, 2.45) is 0 Å². The summed E-state index contributed by atoms with van der Waals surface area (Å²) in [5.74, 6) is -1.23. The molecule has 3 aromatic carbocycles. The molecule has 0 bridgehead atoms. The van der Waals surface area contributed by atoms with Gasteiger partial charge in [0.2, 0.25) is 0 Å². The summed E-state index contributed by atoms with van der Waals surface area (Å²) in [4.78, 5) is 73.7. The van der Waals surface area contributed by atoms with Crippen molar-refractivity contribution in [2.45, 2.75) is 38.3 Å². The van der Waals surface area contributed by atoms with E-state index in [1.807, 2.05) is 30.3 Å². The first kappa shape index (κ1) is 27.9. The van der Waals surface area contributed by atoms with Crippen LogP contribution in [-0.2, 0) is 19.4 Å². The monoisotopic (exact) mass is 606 g/mol. The highest BCUT2D eigenvalue weighted by Crippen LogP contribution is 2.35. The van der Waals surface area contributed by atoms with Gasteiger partial charge in [-0.15, -0.1) is 0 Å². The van der Waals surface area contributed by atoms with Crippen molar-refractivity contribution in [3.63, 3.8) is 0 Å². The summed E-state index contributed by atoms with van der Waals surface area (Å²) in [6, 6.07) is 12.4. The Kier molecular flexibility index (Phi) is 6.80. The predicted molar refractivity (Wildman–Crippen MR) is 162 cm³/mol. The quantitative estimate of drug-likeness (QED) is 0.195. The molecule has 0 unspecified atom stereocenters. The molecule has 2 aromatic heterocycles. The summed E-state index contributed by atoms with van der Waals surface area (Å²) in [5.41, 5.74) is 10.1. The molecule has 0 saturated heterocycles. The lowest BCUT2D eigenvalue weighted by Gasteiger charge is -2.32. The van der Waals surface area contributed by atoms with Gasteiger partial charge in [0.05, 0.1) is 6.04 Å². The molecular formula is C31H26N8O6. The molecule has 0 spiro atoms. The van der Waals surface area contributed by atoms with Gasteiger partial charge in [-0.3, -0.25) is 28.7 Å². The van der Waals surface area contributed by atoms with Crippen LogP contribution in [-0.4, -0.2) is 38.5 Å². The van der Waals surface area contributed by atoms with Crippen LogP contribution in [0.4, 0.5) is 17.1 Å². The van der Waals surface area contributed by atoms with E-state index >= 15 is 0 Å². The number of rotatable bonds is 7. The summed E-state index contributed by atoms with van der Waals surface area (Å²) < 4.78 is 4.59. The fourth-order valence-corrected chi connectivity index (χ4v) is 6.01. The van der Waals surface area contributed by atoms with E-state index in [9.17, 15) is 24.0 Å². The largest absolute Gasteiger partial charge is 0.439 e. The van der Waals surface area contributed by atoms with Gasteiger partial charge < -0.3 is 21.3 Å². The lowest BCUT2D eigenvalue weighted by atomic mass is 9.97. The third-order valence-corrected chi connectivity index (χ3v) is 8.28. The maximum Gasteiger partial charge on any atom is 0.439 e. The van der Waals surface area contributed by atoms with Gasteiger partial charge in [-0.1, -0.05) is 29.4 Å². The minimum Gasteiger partial charge on any atom is -0.394 e. The Labute approximate surface area is 254 Å². The fraction of sp³-hybridized carbons (Fsp3) is 0.226. The molecule has 14 nitrogen and oxygen atoms in total. The van der Waals surface area contributed by atoms with Gasteiger partial charge in [0.25, 0.3) is 22.7 Å². The van der Waals surface area contributed by atoms with Crippen LogP contribution in [0.25, 0.3) is 11.4 Å². The molecule has 0 saturated carbocycles. The molecule has 1 aliphatic heterocycles. The van der Waals surface area contributed by atoms with E-state index in [4.69, 9.17) is 5.73 Å². The van der Waals surface area contributed by atoms with E-state index in [0.29, 0.717) is 30.8 Å². The number of nitrogens with zero attached hydrogens (tertiary/aromatic N) is 4. The number of fused-ring (bicyclic) bond motifs is 2. The molecule has 5 aromatic rings. The molecule has 1 atom stereocenters. The summed E-state index contributed by atoms with van der Waals surface area (Å²) in [6.07, 6.45) is 4.19. The van der Waals surface area contributed by atoms with Gasteiger partial charge in [0, 0.05) is 30.4 Å². The smallest absolute Gasteiger partial charge is 0.394 e. The number of benzene rings is 2. The maximum absolute atomic E-state index is 13.1. The Morgan fingerprint density at radius 3 is 2.58 bits per heavy atom. The van der Waals surface area contributed by atoms with Crippen LogP contribution in [0, 0.1) is 0 Å². The molecule has 0 fully saturated rings. The number of carbonyl (C=O) groups excluding carboxylic acids is 2. The highest BCUT2D eigenvalue weighted by atomic mass is 16.5. The van der Waals surface area contributed by atoms with Crippen LogP contribution in [0.5, 0.6) is 0 Å². The van der Waals surface area contributed by atoms with Gasteiger partial charge in [-0.05, 0) is 60.1 Å². The number of amides is 2. The Morgan fingerprint density at radius 2 is 1.80 bits per heavy atom. The topological polar surface area (TPSA) is 206 Å². The summed E-state index contributed by atoms with van der Waals surface area (Å²) in [6.45, 7) is 0.720. The highest BCUT2D eigenvalue weighted by Gasteiger charge is 2.29. The number of nitrogens with one attached hydrogen (secondary N) is 3. The molecular weight excluding hydrogens is 580 g/mol. The standard InChI is InChI=1S/C31H26N8O6/c32-24-25(27(41)26(24)40)39-9-1-2-16-4-3-15(10-23(16)39)13-33-29(42)21-12-22(35-14-34-21)30(43)36-20-8-6-17-11-18(5-7-19(17)20)28-37-31(44)45-38-28/h3-5,7,10-12,14,20H,1-2,6,8-9,13,32H2,(H,33,42)(H,36,43)(H,37,38,44)/t20-/m0/s1. The van der Waals surface area contributed by atoms with E-state index in [1.165, 1.54) is 12.4 Å². The van der Waals surface area contributed by atoms with E-state index in [0.717, 1.165) is 40.8 Å². The first-order valence-electron chi connectivity index (χ1n) is 14.3. The normalized spacial score (nSPS) is 15.5. The minimum atomic E-state index is -0.663. The second-order valence-corrected chi connectivity index (χ2v) is 11.0. The van der Waals surface area contributed by atoms with Crippen molar-refractivity contribution < 1.29 is 14.1 Å². The van der Waals surface area contributed by atoms with Crippen molar-refractivity contribution in [1.29, 1.82) is 0 Å². The Morgan fingerprint density at radius 1 is 0.978 bits per heavy atom. The number of hydrogen-bond acceptors (Lipinski definition) is 11. The minimum absolute atomic E-state index is 0.0250. The number of aryl methyl sites for hydroxylation is 2. The van der Waals surface area contributed by atoms with Crippen LogP contribution < -0.4 is 37.9 Å². The average Bonchev–Trinajstić information content (AvgIpc) is 3.69. The van der Waals surface area contributed by atoms with E-state index < -0.39 is 28.4 Å². The second-order valence-electron chi connectivity index (χ2n) is 11.0. The average molecular weight is 607 g/mol. The number of nitrogens with two attached hydrogens (primary N) is 1. The summed E-state index contributed by atoms with van der Waals surface area (Å²) in [7, 11) is 0.